The summed E-state index contributed by atoms with van der Waals surface area (Å²) in [5.41, 5.74) is 3.12. The summed E-state index contributed by atoms with van der Waals surface area (Å²) in [6.45, 7) is 2.37. The molecule has 152 valence electrons. The van der Waals surface area contributed by atoms with E-state index in [4.69, 9.17) is 4.74 Å². The number of ether oxygens (including phenoxy) is 1. The molecule has 1 unspecified atom stereocenters. The zero-order valence-corrected chi connectivity index (χ0v) is 17.4. The molecule has 1 fully saturated rings. The minimum atomic E-state index is 0.0245. The van der Waals surface area contributed by atoms with E-state index in [1.165, 1.54) is 5.56 Å². The number of rotatable bonds is 7. The Morgan fingerprint density at radius 2 is 2.17 bits per heavy atom. The van der Waals surface area contributed by atoms with Gasteiger partial charge in [0.1, 0.15) is 5.75 Å². The Balaban J connectivity index is 1.30. The van der Waals surface area contributed by atoms with Crippen molar-refractivity contribution in [2.24, 2.45) is 5.92 Å². The maximum atomic E-state index is 12.6. The highest BCUT2D eigenvalue weighted by molar-refractivity contribution is 7.96. The molecule has 2 aromatic carbocycles. The van der Waals surface area contributed by atoms with Gasteiger partial charge in [0, 0.05) is 25.7 Å². The van der Waals surface area contributed by atoms with E-state index in [2.05, 4.69) is 31.7 Å². The smallest absolute Gasteiger partial charge is 0.224 e. The fourth-order valence-electron chi connectivity index (χ4n) is 3.62. The third-order valence-electron chi connectivity index (χ3n) is 5.19. The van der Waals surface area contributed by atoms with Crippen LogP contribution in [0, 0.1) is 5.92 Å². The summed E-state index contributed by atoms with van der Waals surface area (Å²) in [6, 6.07) is 16.1. The molecule has 0 radical (unpaired) electrons. The first kappa shape index (κ1) is 19.8. The first-order chi connectivity index (χ1) is 14.2. The van der Waals surface area contributed by atoms with Gasteiger partial charge in [-0.15, -0.1) is 0 Å². The molecule has 0 spiro atoms. The molecule has 4 rings (SSSR count). The van der Waals surface area contributed by atoms with Crippen LogP contribution in [0.15, 0.2) is 53.7 Å². The topological polar surface area (TPSA) is 70.2 Å². The Labute approximate surface area is 175 Å². The van der Waals surface area contributed by atoms with Gasteiger partial charge in [0.15, 0.2) is 5.16 Å². The van der Waals surface area contributed by atoms with Gasteiger partial charge in [-0.05, 0) is 48.9 Å². The molecule has 0 aliphatic carbocycles. The van der Waals surface area contributed by atoms with E-state index >= 15 is 0 Å². The number of piperidine rings is 1. The van der Waals surface area contributed by atoms with Gasteiger partial charge in [-0.2, -0.15) is 0 Å². The highest BCUT2D eigenvalue weighted by Gasteiger charge is 2.26. The Hall–Kier alpha value is -2.51. The van der Waals surface area contributed by atoms with Crippen LogP contribution in [0.1, 0.15) is 18.4 Å². The van der Waals surface area contributed by atoms with Crippen LogP contribution in [-0.2, 0) is 11.2 Å². The molecule has 2 heterocycles. The van der Waals surface area contributed by atoms with E-state index < -0.39 is 0 Å². The highest BCUT2D eigenvalue weighted by Crippen LogP contribution is 2.29. The lowest BCUT2D eigenvalue weighted by Gasteiger charge is -2.30. The zero-order valence-electron chi connectivity index (χ0n) is 16.6. The number of carbonyl (C=O) groups is 1. The van der Waals surface area contributed by atoms with Gasteiger partial charge in [0.2, 0.25) is 5.91 Å². The van der Waals surface area contributed by atoms with Crippen LogP contribution < -0.4 is 10.1 Å². The van der Waals surface area contributed by atoms with Gasteiger partial charge in [-0.1, -0.05) is 30.3 Å². The molecule has 1 saturated heterocycles. The van der Waals surface area contributed by atoms with Gasteiger partial charge < -0.3 is 15.0 Å². The number of nitrogens with one attached hydrogen (secondary N) is 2. The summed E-state index contributed by atoms with van der Waals surface area (Å²) < 4.78 is 7.51. The largest absolute Gasteiger partial charge is 0.497 e. The van der Waals surface area contributed by atoms with Crippen molar-refractivity contribution in [3.8, 4) is 5.75 Å². The predicted molar refractivity (Wildman–Crippen MR) is 116 cm³/mol. The van der Waals surface area contributed by atoms with Gasteiger partial charge >= 0.3 is 0 Å². The maximum Gasteiger partial charge on any atom is 0.224 e. The number of hydrogen-bond acceptors (Lipinski definition) is 5. The molecule has 6 nitrogen and oxygen atoms in total. The lowest BCUT2D eigenvalue weighted by Crippen LogP contribution is -2.41. The van der Waals surface area contributed by atoms with E-state index in [0.717, 1.165) is 54.3 Å². The number of carbonyl (C=O) groups excluding carboxylic acids is 1. The number of benzene rings is 2. The quantitative estimate of drug-likeness (QED) is 0.582. The van der Waals surface area contributed by atoms with Gasteiger partial charge in [0.25, 0.3) is 0 Å². The van der Waals surface area contributed by atoms with Crippen molar-refractivity contribution < 1.29 is 9.53 Å². The number of H-pyrrole nitrogens is 1. The van der Waals surface area contributed by atoms with Crippen molar-refractivity contribution in [1.82, 2.24) is 19.6 Å². The summed E-state index contributed by atoms with van der Waals surface area (Å²) in [4.78, 5) is 20.6. The predicted octanol–water partition coefficient (Wildman–Crippen LogP) is 3.65. The molecule has 3 aromatic rings. The van der Waals surface area contributed by atoms with Gasteiger partial charge in [0.05, 0.1) is 24.1 Å². The number of fused-ring (bicyclic) bond motifs is 1. The summed E-state index contributed by atoms with van der Waals surface area (Å²) in [7, 11) is 1.66. The number of hydrogen-bond donors (Lipinski definition) is 2. The molecule has 29 heavy (non-hydrogen) atoms. The first-order valence-electron chi connectivity index (χ1n) is 9.99. The third kappa shape index (κ3) is 5.10. The molecule has 1 aromatic heterocycles. The van der Waals surface area contributed by atoms with Gasteiger partial charge in [-0.3, -0.25) is 4.79 Å². The van der Waals surface area contributed by atoms with Crippen LogP contribution >= 0.6 is 11.9 Å². The Bertz CT molecular complexity index is 960. The minimum absolute atomic E-state index is 0.0245. The average molecular weight is 411 g/mol. The van der Waals surface area contributed by atoms with Crippen LogP contribution in [0.3, 0.4) is 0 Å². The maximum absolute atomic E-state index is 12.6. The summed E-state index contributed by atoms with van der Waals surface area (Å²) in [6.07, 6.45) is 2.81. The van der Waals surface area contributed by atoms with Crippen molar-refractivity contribution in [3.05, 3.63) is 54.1 Å². The van der Waals surface area contributed by atoms with E-state index in [9.17, 15) is 4.79 Å². The molecule has 2 N–H and O–H groups in total. The van der Waals surface area contributed by atoms with Crippen LogP contribution in [0.5, 0.6) is 5.75 Å². The summed E-state index contributed by atoms with van der Waals surface area (Å²) in [5, 5.41) is 3.95. The zero-order chi connectivity index (χ0) is 20.1. The van der Waals surface area contributed by atoms with Crippen molar-refractivity contribution in [2.75, 3.05) is 26.7 Å². The lowest BCUT2D eigenvalue weighted by atomic mass is 9.99. The fourth-order valence-corrected chi connectivity index (χ4v) is 4.63. The molecule has 7 heteroatoms. The van der Waals surface area contributed by atoms with Crippen LogP contribution in [0.4, 0.5) is 0 Å². The van der Waals surface area contributed by atoms with E-state index in [1.54, 1.807) is 19.1 Å². The lowest BCUT2D eigenvalue weighted by molar-refractivity contribution is -0.126. The number of methoxy groups -OCH3 is 1. The molecule has 1 amide bonds. The van der Waals surface area contributed by atoms with Crippen molar-refractivity contribution in [1.29, 1.82) is 0 Å². The van der Waals surface area contributed by atoms with E-state index in [0.29, 0.717) is 6.54 Å². The third-order valence-corrected chi connectivity index (χ3v) is 6.15. The van der Waals surface area contributed by atoms with E-state index in [1.807, 2.05) is 36.4 Å². The van der Waals surface area contributed by atoms with Crippen LogP contribution in [0.25, 0.3) is 11.0 Å². The number of nitrogens with zero attached hydrogens (tertiary/aromatic N) is 2. The highest BCUT2D eigenvalue weighted by atomic mass is 32.2. The monoisotopic (exact) mass is 410 g/mol. The molecule has 0 bridgehead atoms. The Kier molecular flexibility index (Phi) is 6.36. The number of amides is 1. The van der Waals surface area contributed by atoms with Crippen LogP contribution in [0.2, 0.25) is 0 Å². The minimum Gasteiger partial charge on any atom is -0.497 e. The SMILES string of the molecule is COc1ccc2nc(SN3CCCC(C(=O)NCCc4ccccc4)C3)[nH]c2c1. The number of imidazole rings is 1. The van der Waals surface area contributed by atoms with E-state index in [-0.39, 0.29) is 11.8 Å². The van der Waals surface area contributed by atoms with Crippen molar-refractivity contribution in [3.63, 3.8) is 0 Å². The molecule has 1 atom stereocenters. The van der Waals surface area contributed by atoms with Gasteiger partial charge in [-0.25, -0.2) is 9.29 Å². The standard InChI is InChI=1S/C22H26N4O2S/c1-28-18-9-10-19-20(14-18)25-22(24-19)29-26-13-5-8-17(15-26)21(27)23-12-11-16-6-3-2-4-7-16/h2-4,6-7,9-10,14,17H,5,8,11-13,15H2,1H3,(H,23,27)(H,24,25). The summed E-state index contributed by atoms with van der Waals surface area (Å²) >= 11 is 1.59. The second kappa shape index (κ2) is 9.33. The van der Waals surface area contributed by atoms with Crippen LogP contribution in [-0.4, -0.2) is 46.9 Å². The fraction of sp³-hybridized carbons (Fsp3) is 0.364. The number of aromatic amines is 1. The summed E-state index contributed by atoms with van der Waals surface area (Å²) in [5.74, 6) is 0.986. The Morgan fingerprint density at radius 3 is 3.00 bits per heavy atom. The molecular formula is C22H26N4O2S. The molecular weight excluding hydrogens is 384 g/mol. The molecule has 0 saturated carbocycles. The number of aromatic nitrogens is 2. The van der Waals surface area contributed by atoms with Crippen molar-refractivity contribution in [2.45, 2.75) is 24.4 Å². The first-order valence-corrected chi connectivity index (χ1v) is 10.8. The van der Waals surface area contributed by atoms with Crippen molar-refractivity contribution >= 4 is 28.9 Å². The second-order valence-electron chi connectivity index (χ2n) is 7.27. The molecule has 1 aliphatic heterocycles. The average Bonchev–Trinajstić information content (AvgIpc) is 3.15. The normalized spacial score (nSPS) is 17.3. The Morgan fingerprint density at radius 1 is 1.31 bits per heavy atom. The second-order valence-corrected chi connectivity index (χ2v) is 8.36. The molecule has 1 aliphatic rings.